The Kier molecular flexibility index (Phi) is 20.6. The highest BCUT2D eigenvalue weighted by molar-refractivity contribution is 5.92. The van der Waals surface area contributed by atoms with Crippen LogP contribution in [0.5, 0.6) is 0 Å². The maximum Gasteiger partial charge on any atom is 0.410 e. The minimum Gasteiger partial charge on any atom is -0.445 e. The van der Waals surface area contributed by atoms with Crippen molar-refractivity contribution in [3.05, 3.63) is 65.7 Å². The number of nitrogens with zero attached hydrogens (tertiary/aromatic N) is 3. The Balaban J connectivity index is 1.75. The summed E-state index contributed by atoms with van der Waals surface area (Å²) in [6, 6.07) is 14.6. The molecule has 3 rings (SSSR count). The van der Waals surface area contributed by atoms with Crippen molar-refractivity contribution in [1.29, 1.82) is 0 Å². The number of nitrogens with two attached hydrogens (primary N) is 1. The number of hydrogen-bond acceptors (Lipinski definition) is 10. The number of likely N-dealkylation sites (tertiary alicyclic amines) is 1. The van der Waals surface area contributed by atoms with Crippen LogP contribution in [0.3, 0.4) is 0 Å². The first kappa shape index (κ1) is 52.0. The van der Waals surface area contributed by atoms with Gasteiger partial charge in [-0.3, -0.25) is 19.2 Å². The molecule has 13 heteroatoms. The van der Waals surface area contributed by atoms with Gasteiger partial charge in [0.25, 0.3) is 0 Å². The zero-order valence-electron chi connectivity index (χ0n) is 39.4. The highest BCUT2D eigenvalue weighted by Crippen LogP contribution is 2.33. The molecular weight excluding hydrogens is 789 g/mol. The third-order valence-electron chi connectivity index (χ3n) is 13.1. The number of benzene rings is 2. The second-order valence-corrected chi connectivity index (χ2v) is 18.2. The van der Waals surface area contributed by atoms with Gasteiger partial charge in [-0.25, -0.2) is 4.79 Å². The Morgan fingerprint density at radius 1 is 0.806 bits per heavy atom. The number of aliphatic hydroxyl groups is 1. The number of likely N-dealkylation sites (N-methyl/N-ethyl adjacent to an activating group) is 2. The van der Waals surface area contributed by atoms with Gasteiger partial charge in [0.15, 0.2) is 5.78 Å². The van der Waals surface area contributed by atoms with E-state index in [1.807, 2.05) is 85.7 Å². The number of Topliss-reactive ketones (excluding diaryl/α,β-unsaturated/α-hetero) is 2. The third kappa shape index (κ3) is 13.6. The van der Waals surface area contributed by atoms with E-state index >= 15 is 0 Å². The summed E-state index contributed by atoms with van der Waals surface area (Å²) < 4.78 is 17.6. The van der Waals surface area contributed by atoms with E-state index in [0.29, 0.717) is 25.1 Å². The lowest BCUT2D eigenvalue weighted by Crippen LogP contribution is -2.54. The summed E-state index contributed by atoms with van der Waals surface area (Å²) in [5, 5.41) is 10.9. The van der Waals surface area contributed by atoms with Crippen molar-refractivity contribution >= 4 is 35.2 Å². The van der Waals surface area contributed by atoms with Gasteiger partial charge in [-0.15, -0.1) is 0 Å². The molecule has 0 spiro atoms. The summed E-state index contributed by atoms with van der Waals surface area (Å²) in [6.45, 7) is 15.8. The molecular formula is C49H76N4O9. The molecule has 0 radical (unpaired) electrons. The summed E-state index contributed by atoms with van der Waals surface area (Å²) in [7, 11) is 6.39. The van der Waals surface area contributed by atoms with Crippen molar-refractivity contribution in [3.63, 3.8) is 0 Å². The van der Waals surface area contributed by atoms with E-state index in [-0.39, 0.29) is 79.0 Å². The van der Waals surface area contributed by atoms with Crippen LogP contribution in [0.25, 0.3) is 0 Å². The van der Waals surface area contributed by atoms with Crippen molar-refractivity contribution in [3.8, 4) is 0 Å². The Bertz CT molecular complexity index is 1740. The van der Waals surface area contributed by atoms with Crippen LogP contribution in [0, 0.1) is 35.5 Å². The fraction of sp³-hybridized carbons (Fsp3) is 0.653. The van der Waals surface area contributed by atoms with E-state index < -0.39 is 48.3 Å². The number of ether oxygens (including phenoxy) is 3. The molecule has 0 aromatic heterocycles. The van der Waals surface area contributed by atoms with Gasteiger partial charge in [0.05, 0.1) is 42.9 Å². The molecule has 0 bridgehead atoms. The molecule has 13 nitrogen and oxygen atoms in total. The predicted molar refractivity (Wildman–Crippen MR) is 242 cm³/mol. The fourth-order valence-electron chi connectivity index (χ4n) is 9.15. The Morgan fingerprint density at radius 3 is 1.98 bits per heavy atom. The van der Waals surface area contributed by atoms with Crippen LogP contribution in [0.1, 0.15) is 111 Å². The molecule has 3 N–H and O–H groups in total. The number of methoxy groups -OCH3 is 2. The number of carbonyl (C=O) groups excluding carboxylic acids is 5. The van der Waals surface area contributed by atoms with Gasteiger partial charge >= 0.3 is 6.09 Å². The van der Waals surface area contributed by atoms with Crippen molar-refractivity contribution in [2.45, 2.75) is 137 Å². The molecule has 0 unspecified atom stereocenters. The highest BCUT2D eigenvalue weighted by Gasteiger charge is 2.43. The standard InChI is InChI=1S/C49H76N4O9/c1-13-32(6)45(51(9)48(58)38(30(2)3)27-41(55)44(31(4)5)52(10)49(59)62-29-35-21-23-37(50)24-22-35)42(60-11)28-43(56)53-25-17-20-39(53)47(61-12)34(8)40(54)26-33(7)46(57)36-18-15-14-16-19-36/h14-16,18-19,21-24,30-34,38-39,42,44-47,57H,13,17,20,25-29,50H2,1-12H3/t32-,33-,34-,38-,39-,42+,44-,45-,46+,47+/m0/s1. The molecule has 1 aliphatic rings. The third-order valence-corrected chi connectivity index (χ3v) is 13.1. The number of ketones is 2. The number of nitrogen functional groups attached to an aromatic ring is 1. The number of hydrogen-bond donors (Lipinski definition) is 2. The predicted octanol–water partition coefficient (Wildman–Crippen LogP) is 7.34. The van der Waals surface area contributed by atoms with E-state index in [1.165, 1.54) is 4.90 Å². The molecule has 0 saturated carbocycles. The minimum absolute atomic E-state index is 0.00264. The smallest absolute Gasteiger partial charge is 0.410 e. The molecule has 10 atom stereocenters. The van der Waals surface area contributed by atoms with Gasteiger partial charge in [-0.05, 0) is 59.8 Å². The lowest BCUT2D eigenvalue weighted by molar-refractivity contribution is -0.149. The van der Waals surface area contributed by atoms with E-state index in [2.05, 4.69) is 0 Å². The van der Waals surface area contributed by atoms with Gasteiger partial charge in [0.2, 0.25) is 11.8 Å². The van der Waals surface area contributed by atoms with Gasteiger partial charge in [-0.1, -0.05) is 104 Å². The molecule has 1 aliphatic heterocycles. The Labute approximate surface area is 371 Å². The molecule has 346 valence electrons. The largest absolute Gasteiger partial charge is 0.445 e. The highest BCUT2D eigenvalue weighted by atomic mass is 16.6. The van der Waals surface area contributed by atoms with Crippen molar-refractivity contribution in [2.75, 3.05) is 40.6 Å². The average Bonchev–Trinajstić information content (AvgIpc) is 3.74. The Morgan fingerprint density at radius 2 is 1.44 bits per heavy atom. The SMILES string of the molecule is CC[C@H](C)[C@@H]([C@@H](CC(=O)N1CCC[C@H]1[C@H](OC)[C@@H](C)C(=O)C[C@H](C)[C@@H](O)c1ccccc1)OC)N(C)C(=O)[C@@H](CC(=O)[C@H](C(C)C)N(C)C(=O)OCc1ccc(N)cc1)C(C)C. The number of rotatable bonds is 24. The number of carbonyl (C=O) groups is 5. The average molecular weight is 865 g/mol. The molecule has 62 heavy (non-hydrogen) atoms. The van der Waals surface area contributed by atoms with Gasteiger partial charge in [0, 0.05) is 65.2 Å². The zero-order valence-corrected chi connectivity index (χ0v) is 39.4. The van der Waals surface area contributed by atoms with Crippen LogP contribution < -0.4 is 5.73 Å². The fourth-order valence-corrected chi connectivity index (χ4v) is 9.15. The molecule has 1 saturated heterocycles. The summed E-state index contributed by atoms with van der Waals surface area (Å²) in [5.41, 5.74) is 7.90. The van der Waals surface area contributed by atoms with E-state index in [0.717, 1.165) is 17.5 Å². The first-order valence-corrected chi connectivity index (χ1v) is 22.4. The minimum atomic E-state index is -0.824. The second kappa shape index (κ2) is 24.5. The summed E-state index contributed by atoms with van der Waals surface area (Å²) in [4.78, 5) is 74.7. The number of aliphatic hydroxyl groups excluding tert-OH is 1. The van der Waals surface area contributed by atoms with Crippen LogP contribution in [-0.2, 0) is 40.0 Å². The first-order valence-electron chi connectivity index (χ1n) is 22.4. The van der Waals surface area contributed by atoms with Gasteiger partial charge < -0.3 is 39.8 Å². The van der Waals surface area contributed by atoms with Crippen LogP contribution >= 0.6 is 0 Å². The molecule has 1 fully saturated rings. The lowest BCUT2D eigenvalue weighted by atomic mass is 9.83. The molecule has 0 aliphatic carbocycles. The zero-order chi connectivity index (χ0) is 46.4. The van der Waals surface area contributed by atoms with Crippen LogP contribution in [0.15, 0.2) is 54.6 Å². The quantitative estimate of drug-likeness (QED) is 0.102. The maximum atomic E-state index is 14.6. The summed E-state index contributed by atoms with van der Waals surface area (Å²) in [5.74, 6) is -2.73. The first-order chi connectivity index (χ1) is 29.3. The second-order valence-electron chi connectivity index (χ2n) is 18.2. The van der Waals surface area contributed by atoms with Crippen LogP contribution in [0.2, 0.25) is 0 Å². The van der Waals surface area contributed by atoms with Gasteiger partial charge in [-0.2, -0.15) is 0 Å². The van der Waals surface area contributed by atoms with Crippen molar-refractivity contribution in [2.24, 2.45) is 35.5 Å². The van der Waals surface area contributed by atoms with E-state index in [9.17, 15) is 29.1 Å². The molecule has 3 amide bonds. The van der Waals surface area contributed by atoms with E-state index in [1.54, 1.807) is 62.4 Å². The van der Waals surface area contributed by atoms with Crippen LogP contribution in [-0.4, -0.2) is 114 Å². The molecule has 2 aromatic rings. The monoisotopic (exact) mass is 865 g/mol. The van der Waals surface area contributed by atoms with Crippen molar-refractivity contribution in [1.82, 2.24) is 14.7 Å². The summed E-state index contributed by atoms with van der Waals surface area (Å²) in [6.07, 6.45) is -0.435. The lowest BCUT2D eigenvalue weighted by Gasteiger charge is -2.41. The number of amides is 3. The molecule has 1 heterocycles. The van der Waals surface area contributed by atoms with E-state index in [4.69, 9.17) is 19.9 Å². The van der Waals surface area contributed by atoms with Crippen molar-refractivity contribution < 1.29 is 43.3 Å². The topological polar surface area (TPSA) is 169 Å². The number of anilines is 1. The normalized spacial score (nSPS) is 18.6. The summed E-state index contributed by atoms with van der Waals surface area (Å²) >= 11 is 0. The van der Waals surface area contributed by atoms with Crippen LogP contribution in [0.4, 0.5) is 10.5 Å². The van der Waals surface area contributed by atoms with Gasteiger partial charge in [0.1, 0.15) is 12.4 Å². The Hall–Kier alpha value is -4.33. The maximum absolute atomic E-state index is 14.6. The molecule has 2 aromatic carbocycles.